The maximum atomic E-state index is 12.9. The summed E-state index contributed by atoms with van der Waals surface area (Å²) in [7, 11) is 0. The van der Waals surface area contributed by atoms with Crippen molar-refractivity contribution in [3.05, 3.63) is 36.2 Å². The van der Waals surface area contributed by atoms with Crippen molar-refractivity contribution in [3.63, 3.8) is 0 Å². The maximum Gasteiger partial charge on any atom is 0.242 e. The molecule has 9 nitrogen and oxygen atoms in total. The molecule has 0 fully saturated rings. The molecule has 0 unspecified atom stereocenters. The molecular formula is C25H36N6O3. The first kappa shape index (κ1) is 25.4. The van der Waals surface area contributed by atoms with Crippen LogP contribution in [0.15, 0.2) is 30.3 Å². The Labute approximate surface area is 201 Å². The van der Waals surface area contributed by atoms with Gasteiger partial charge < -0.3 is 15.5 Å². The first-order valence-electron chi connectivity index (χ1n) is 12.1. The molecule has 2 aromatic rings. The van der Waals surface area contributed by atoms with Crippen molar-refractivity contribution < 1.29 is 14.4 Å². The van der Waals surface area contributed by atoms with Gasteiger partial charge in [0.15, 0.2) is 11.6 Å². The fourth-order valence-corrected chi connectivity index (χ4v) is 3.99. The molecule has 0 saturated heterocycles. The summed E-state index contributed by atoms with van der Waals surface area (Å²) in [6, 6.07) is 8.59. The van der Waals surface area contributed by atoms with Gasteiger partial charge in [-0.1, -0.05) is 58.0 Å². The zero-order valence-electron chi connectivity index (χ0n) is 20.7. The second-order valence-corrected chi connectivity index (χ2v) is 9.49. The van der Waals surface area contributed by atoms with Gasteiger partial charge in [-0.05, 0) is 19.3 Å². The minimum absolute atomic E-state index is 0.0275. The van der Waals surface area contributed by atoms with Crippen molar-refractivity contribution in [3.8, 4) is 11.4 Å². The Kier molecular flexibility index (Phi) is 8.41. The van der Waals surface area contributed by atoms with Crippen LogP contribution in [0.1, 0.15) is 59.3 Å². The summed E-state index contributed by atoms with van der Waals surface area (Å²) in [5, 5.41) is 10.6. The van der Waals surface area contributed by atoms with E-state index in [1.165, 1.54) is 0 Å². The number of aromatic nitrogens is 3. The highest BCUT2D eigenvalue weighted by Crippen LogP contribution is 2.24. The van der Waals surface area contributed by atoms with E-state index in [1.807, 2.05) is 62.7 Å². The molecule has 9 heteroatoms. The van der Waals surface area contributed by atoms with Crippen LogP contribution in [0.25, 0.3) is 11.4 Å². The SMILES string of the molecule is CC(C)C(=O)N1CCCC(=O)N[C@H](C)C(=O)N[C@@H](C(C)C)c2nc(-c3ccccc3)nn2CC1. The number of carbonyl (C=O) groups is 3. The van der Waals surface area contributed by atoms with Crippen molar-refractivity contribution >= 4 is 17.7 Å². The van der Waals surface area contributed by atoms with Gasteiger partial charge in [0, 0.05) is 31.0 Å². The summed E-state index contributed by atoms with van der Waals surface area (Å²) in [5.74, 6) is 0.659. The predicted molar refractivity (Wildman–Crippen MR) is 129 cm³/mol. The van der Waals surface area contributed by atoms with E-state index in [4.69, 9.17) is 10.1 Å². The average molecular weight is 469 g/mol. The minimum Gasteiger partial charge on any atom is -0.345 e. The zero-order chi connectivity index (χ0) is 24.8. The fourth-order valence-electron chi connectivity index (χ4n) is 3.99. The van der Waals surface area contributed by atoms with Crippen molar-refractivity contribution in [2.75, 3.05) is 13.1 Å². The molecule has 3 amide bonds. The molecule has 0 saturated carbocycles. The zero-order valence-corrected chi connectivity index (χ0v) is 20.7. The van der Waals surface area contributed by atoms with E-state index in [1.54, 1.807) is 11.8 Å². The van der Waals surface area contributed by atoms with Crippen LogP contribution in [-0.4, -0.2) is 56.5 Å². The lowest BCUT2D eigenvalue weighted by Crippen LogP contribution is -2.47. The molecule has 0 bridgehead atoms. The number of hydrogen-bond acceptors (Lipinski definition) is 5. The highest BCUT2D eigenvalue weighted by molar-refractivity contribution is 5.87. The second kappa shape index (κ2) is 11.3. The summed E-state index contributed by atoms with van der Waals surface area (Å²) in [6.45, 7) is 10.8. The van der Waals surface area contributed by atoms with Gasteiger partial charge in [-0.15, -0.1) is 0 Å². The number of nitrogens with zero attached hydrogens (tertiary/aromatic N) is 4. The van der Waals surface area contributed by atoms with Gasteiger partial charge >= 0.3 is 0 Å². The molecule has 34 heavy (non-hydrogen) atoms. The Morgan fingerprint density at radius 2 is 1.74 bits per heavy atom. The summed E-state index contributed by atoms with van der Waals surface area (Å²) in [6.07, 6.45) is 0.770. The largest absolute Gasteiger partial charge is 0.345 e. The Morgan fingerprint density at radius 1 is 1.03 bits per heavy atom. The van der Waals surface area contributed by atoms with E-state index >= 15 is 0 Å². The summed E-state index contributed by atoms with van der Waals surface area (Å²) in [4.78, 5) is 44.7. The Bertz CT molecular complexity index is 1000. The van der Waals surface area contributed by atoms with Crippen molar-refractivity contribution in [2.24, 2.45) is 11.8 Å². The number of benzene rings is 1. The number of hydrogen-bond donors (Lipinski definition) is 2. The van der Waals surface area contributed by atoms with Crippen LogP contribution in [0.3, 0.4) is 0 Å². The molecule has 1 aromatic heterocycles. The van der Waals surface area contributed by atoms with Crippen molar-refractivity contribution in [2.45, 2.75) is 66.1 Å². The van der Waals surface area contributed by atoms with Crippen LogP contribution >= 0.6 is 0 Å². The van der Waals surface area contributed by atoms with Crippen LogP contribution in [0.4, 0.5) is 0 Å². The van der Waals surface area contributed by atoms with Gasteiger partial charge in [0.1, 0.15) is 6.04 Å². The molecule has 0 aliphatic carbocycles. The van der Waals surface area contributed by atoms with Gasteiger partial charge in [-0.25, -0.2) is 9.67 Å². The van der Waals surface area contributed by atoms with E-state index in [-0.39, 0.29) is 36.0 Å². The maximum absolute atomic E-state index is 12.9. The number of rotatable bonds is 3. The van der Waals surface area contributed by atoms with Crippen LogP contribution in [0.2, 0.25) is 0 Å². The predicted octanol–water partition coefficient (Wildman–Crippen LogP) is 2.54. The molecular weight excluding hydrogens is 432 g/mol. The molecule has 1 aromatic carbocycles. The van der Waals surface area contributed by atoms with E-state index in [9.17, 15) is 14.4 Å². The lowest BCUT2D eigenvalue weighted by Gasteiger charge is -2.27. The molecule has 184 valence electrons. The van der Waals surface area contributed by atoms with E-state index in [2.05, 4.69) is 10.6 Å². The molecule has 1 aliphatic heterocycles. The topological polar surface area (TPSA) is 109 Å². The molecule has 0 radical (unpaired) electrons. The van der Waals surface area contributed by atoms with Gasteiger partial charge in [-0.3, -0.25) is 14.4 Å². The van der Waals surface area contributed by atoms with Crippen LogP contribution in [0.5, 0.6) is 0 Å². The van der Waals surface area contributed by atoms with Crippen LogP contribution in [-0.2, 0) is 20.9 Å². The smallest absolute Gasteiger partial charge is 0.242 e. The van der Waals surface area contributed by atoms with Gasteiger partial charge in [0.25, 0.3) is 0 Å². The van der Waals surface area contributed by atoms with E-state index in [0.29, 0.717) is 37.7 Å². The number of carbonyl (C=O) groups excluding carboxylic acids is 3. The molecule has 2 N–H and O–H groups in total. The average Bonchev–Trinajstić information content (AvgIpc) is 3.22. The van der Waals surface area contributed by atoms with Crippen LogP contribution in [0, 0.1) is 11.8 Å². The summed E-state index contributed by atoms with van der Waals surface area (Å²) >= 11 is 0. The third kappa shape index (κ3) is 6.21. The molecule has 2 atom stereocenters. The number of amides is 3. The lowest BCUT2D eigenvalue weighted by molar-refractivity contribution is -0.135. The summed E-state index contributed by atoms with van der Waals surface area (Å²) in [5.41, 5.74) is 0.880. The Hall–Kier alpha value is -3.23. The Morgan fingerprint density at radius 3 is 2.38 bits per heavy atom. The standard InChI is InChI=1S/C25H36N6O3/c1-16(2)21-23-28-22(19-10-7-6-8-11-19)29-31(23)15-14-30(25(34)17(3)4)13-9-12-20(32)26-18(5)24(33)27-21/h6-8,10-11,16-18,21H,9,12-15H2,1-5H3,(H,26,32)(H,27,33)/t18-,21+/m1/s1. The number of nitrogens with one attached hydrogen (secondary N) is 2. The third-order valence-electron chi connectivity index (χ3n) is 5.96. The van der Waals surface area contributed by atoms with Gasteiger partial charge in [0.2, 0.25) is 17.7 Å². The minimum atomic E-state index is -0.685. The fraction of sp³-hybridized carbons (Fsp3) is 0.560. The lowest BCUT2D eigenvalue weighted by atomic mass is 10.0. The van der Waals surface area contributed by atoms with Gasteiger partial charge in [-0.2, -0.15) is 5.10 Å². The Balaban J connectivity index is 2.02. The first-order valence-corrected chi connectivity index (χ1v) is 12.1. The highest BCUT2D eigenvalue weighted by Gasteiger charge is 2.29. The summed E-state index contributed by atoms with van der Waals surface area (Å²) < 4.78 is 1.81. The van der Waals surface area contributed by atoms with E-state index < -0.39 is 12.1 Å². The molecule has 2 heterocycles. The molecule has 1 aliphatic rings. The number of fused-ring (bicyclic) bond motifs is 1. The molecule has 0 spiro atoms. The molecule has 3 rings (SSSR count). The van der Waals surface area contributed by atoms with Crippen LogP contribution < -0.4 is 10.6 Å². The monoisotopic (exact) mass is 468 g/mol. The van der Waals surface area contributed by atoms with E-state index in [0.717, 1.165) is 5.56 Å². The second-order valence-electron chi connectivity index (χ2n) is 9.49. The first-order chi connectivity index (χ1) is 16.2. The third-order valence-corrected chi connectivity index (χ3v) is 5.96. The van der Waals surface area contributed by atoms with Crippen molar-refractivity contribution in [1.82, 2.24) is 30.3 Å². The normalized spacial score (nSPS) is 20.5. The highest BCUT2D eigenvalue weighted by atomic mass is 16.2. The quantitative estimate of drug-likeness (QED) is 0.720. The van der Waals surface area contributed by atoms with Crippen molar-refractivity contribution in [1.29, 1.82) is 0 Å². The van der Waals surface area contributed by atoms with Gasteiger partial charge in [0.05, 0.1) is 12.6 Å².